The first-order valence-electron chi connectivity index (χ1n) is 10.5. The fourth-order valence-electron chi connectivity index (χ4n) is 3.13. The van der Waals surface area contributed by atoms with Crippen molar-refractivity contribution in [3.8, 4) is 11.5 Å². The number of phenols is 2. The zero-order valence-corrected chi connectivity index (χ0v) is 20.3. The number of carbonyl (C=O) groups is 1. The van der Waals surface area contributed by atoms with E-state index in [1.165, 1.54) is 6.07 Å². The topological polar surface area (TPSA) is 99.0 Å². The number of nitrogens with one attached hydrogen (secondary N) is 1. The molecule has 0 aromatic heterocycles. The van der Waals surface area contributed by atoms with Crippen LogP contribution in [0.3, 0.4) is 0 Å². The molecule has 0 saturated carbocycles. The average Bonchev–Trinajstić information content (AvgIpc) is 2.63. The van der Waals surface area contributed by atoms with Crippen LogP contribution in [0.15, 0.2) is 42.5 Å². The van der Waals surface area contributed by atoms with E-state index in [1.807, 2.05) is 13.0 Å². The highest BCUT2D eigenvalue weighted by Gasteiger charge is 2.39. The first-order chi connectivity index (χ1) is 14.3. The van der Waals surface area contributed by atoms with Gasteiger partial charge in [0, 0.05) is 18.7 Å². The Bertz CT molecular complexity index is 887. The number of hydrogen-bond acceptors (Lipinski definition) is 5. The van der Waals surface area contributed by atoms with Gasteiger partial charge in [-0.15, -0.1) is 0 Å². The minimum Gasteiger partial charge on any atom is -0.508 e. The van der Waals surface area contributed by atoms with Crippen LogP contribution >= 0.6 is 0 Å². The second kappa shape index (κ2) is 9.85. The van der Waals surface area contributed by atoms with Gasteiger partial charge in [0.05, 0.1) is 11.7 Å². The third-order valence-electron chi connectivity index (χ3n) is 5.91. The molecule has 2 rings (SSSR count). The summed E-state index contributed by atoms with van der Waals surface area (Å²) in [6, 6.07) is 11.6. The standard InChI is InChI=1S/C24H35NO5Si/c1-16(10-17-8-7-9-18(11-17)23(28)29)25-15-22(30-31(5,6)24(2,3)4)19-12-20(26)14-21(27)13-19/h7-9,11-14,16,22,25-27H,10,15H2,1-6H3,(H,28,29). The smallest absolute Gasteiger partial charge is 0.335 e. The number of benzene rings is 2. The van der Waals surface area contributed by atoms with Crippen LogP contribution in [-0.2, 0) is 10.8 Å². The summed E-state index contributed by atoms with van der Waals surface area (Å²) in [4.78, 5) is 11.2. The number of carboxylic acids is 1. The van der Waals surface area contributed by atoms with Crippen molar-refractivity contribution in [2.24, 2.45) is 0 Å². The van der Waals surface area contributed by atoms with E-state index < -0.39 is 14.3 Å². The number of carboxylic acid groups (broad SMARTS) is 1. The van der Waals surface area contributed by atoms with Gasteiger partial charge in [-0.2, -0.15) is 0 Å². The second-order valence-corrected chi connectivity index (χ2v) is 14.4. The third kappa shape index (κ3) is 7.09. The van der Waals surface area contributed by atoms with Crippen molar-refractivity contribution in [1.29, 1.82) is 0 Å². The number of aromatic carboxylic acids is 1. The molecule has 0 aliphatic heterocycles. The van der Waals surface area contributed by atoms with Gasteiger partial charge in [-0.25, -0.2) is 4.79 Å². The first kappa shape index (κ1) is 24.9. The molecule has 2 aromatic rings. The molecule has 7 heteroatoms. The quantitative estimate of drug-likeness (QED) is 0.402. The van der Waals surface area contributed by atoms with Gasteiger partial charge in [0.15, 0.2) is 8.32 Å². The van der Waals surface area contributed by atoms with Crippen molar-refractivity contribution in [2.75, 3.05) is 6.54 Å². The van der Waals surface area contributed by atoms with Gasteiger partial charge in [-0.1, -0.05) is 32.9 Å². The normalized spacial score (nSPS) is 14.3. The summed E-state index contributed by atoms with van der Waals surface area (Å²) in [5.41, 5.74) is 1.94. The molecule has 31 heavy (non-hydrogen) atoms. The summed E-state index contributed by atoms with van der Waals surface area (Å²) in [7, 11) is -2.12. The zero-order valence-electron chi connectivity index (χ0n) is 19.3. The maximum Gasteiger partial charge on any atom is 0.335 e. The summed E-state index contributed by atoms with van der Waals surface area (Å²) < 4.78 is 6.63. The Morgan fingerprint density at radius 1 is 1.10 bits per heavy atom. The Hall–Kier alpha value is -2.35. The van der Waals surface area contributed by atoms with Crippen molar-refractivity contribution in [3.63, 3.8) is 0 Å². The second-order valence-electron chi connectivity index (χ2n) is 9.67. The van der Waals surface area contributed by atoms with Crippen molar-refractivity contribution in [3.05, 3.63) is 59.2 Å². The Labute approximate surface area is 186 Å². The Balaban J connectivity index is 2.17. The van der Waals surface area contributed by atoms with Gasteiger partial charge in [-0.05, 0) is 66.9 Å². The Morgan fingerprint density at radius 3 is 2.26 bits per heavy atom. The lowest BCUT2D eigenvalue weighted by Gasteiger charge is -2.39. The molecular formula is C24H35NO5Si. The maximum absolute atomic E-state index is 11.2. The van der Waals surface area contributed by atoms with Gasteiger partial charge in [0.2, 0.25) is 0 Å². The Kier molecular flexibility index (Phi) is 7.91. The lowest BCUT2D eigenvalue weighted by molar-refractivity contribution is 0.0696. The molecule has 0 amide bonds. The van der Waals surface area contributed by atoms with Crippen LogP contribution < -0.4 is 5.32 Å². The van der Waals surface area contributed by atoms with Crippen molar-refractivity contribution >= 4 is 14.3 Å². The molecule has 0 spiro atoms. The van der Waals surface area contributed by atoms with E-state index in [1.54, 1.807) is 30.3 Å². The molecule has 0 radical (unpaired) electrons. The molecule has 0 saturated heterocycles. The fourth-order valence-corrected chi connectivity index (χ4v) is 4.41. The maximum atomic E-state index is 11.2. The highest BCUT2D eigenvalue weighted by Crippen LogP contribution is 2.40. The summed E-state index contributed by atoms with van der Waals surface area (Å²) in [6.07, 6.45) is 0.325. The number of phenolic OH excluding ortho intramolecular Hbond substituents is 2. The van der Waals surface area contributed by atoms with Crippen LogP contribution in [0.1, 0.15) is 55.3 Å². The molecule has 2 aromatic carbocycles. The van der Waals surface area contributed by atoms with E-state index >= 15 is 0 Å². The molecule has 0 heterocycles. The van der Waals surface area contributed by atoms with Crippen LogP contribution in [0.5, 0.6) is 11.5 Å². The number of rotatable bonds is 9. The van der Waals surface area contributed by atoms with E-state index in [9.17, 15) is 20.1 Å². The van der Waals surface area contributed by atoms with Crippen LogP contribution in [0.2, 0.25) is 18.1 Å². The lowest BCUT2D eigenvalue weighted by atomic mass is 10.0. The summed E-state index contributed by atoms with van der Waals surface area (Å²) in [5.74, 6) is -0.941. The van der Waals surface area contributed by atoms with E-state index in [0.717, 1.165) is 11.1 Å². The summed E-state index contributed by atoms with van der Waals surface area (Å²) in [5, 5.41) is 32.6. The third-order valence-corrected chi connectivity index (χ3v) is 10.4. The molecule has 4 N–H and O–H groups in total. The van der Waals surface area contributed by atoms with Gasteiger partial charge in [0.25, 0.3) is 0 Å². The van der Waals surface area contributed by atoms with Gasteiger partial charge in [-0.3, -0.25) is 0 Å². The summed E-state index contributed by atoms with van der Waals surface area (Å²) in [6.45, 7) is 13.4. The van der Waals surface area contributed by atoms with Crippen LogP contribution in [0.25, 0.3) is 0 Å². The molecule has 0 fully saturated rings. The van der Waals surface area contributed by atoms with E-state index in [0.29, 0.717) is 13.0 Å². The zero-order chi connectivity index (χ0) is 23.4. The molecule has 0 bridgehead atoms. The average molecular weight is 446 g/mol. The SMILES string of the molecule is CC(Cc1cccc(C(=O)O)c1)NCC(O[Si](C)(C)C(C)(C)C)c1cc(O)cc(O)c1. The van der Waals surface area contributed by atoms with Crippen molar-refractivity contribution in [2.45, 2.75) is 64.4 Å². The van der Waals surface area contributed by atoms with Crippen molar-refractivity contribution in [1.82, 2.24) is 5.32 Å². The molecule has 0 aliphatic carbocycles. The highest BCUT2D eigenvalue weighted by atomic mass is 28.4. The van der Waals surface area contributed by atoms with Crippen LogP contribution in [0.4, 0.5) is 0 Å². The Morgan fingerprint density at radius 2 is 1.71 bits per heavy atom. The van der Waals surface area contributed by atoms with Gasteiger partial charge in [0.1, 0.15) is 11.5 Å². The molecule has 2 atom stereocenters. The van der Waals surface area contributed by atoms with Gasteiger partial charge < -0.3 is 25.1 Å². The minimum absolute atomic E-state index is 0.00244. The number of hydrogen-bond donors (Lipinski definition) is 4. The largest absolute Gasteiger partial charge is 0.508 e. The summed E-state index contributed by atoms with van der Waals surface area (Å²) >= 11 is 0. The monoisotopic (exact) mass is 445 g/mol. The molecular weight excluding hydrogens is 410 g/mol. The van der Waals surface area contributed by atoms with Crippen molar-refractivity contribution < 1.29 is 24.5 Å². The van der Waals surface area contributed by atoms with Crippen LogP contribution in [0, 0.1) is 0 Å². The first-order valence-corrected chi connectivity index (χ1v) is 13.5. The molecule has 6 nitrogen and oxygen atoms in total. The molecule has 0 aliphatic rings. The predicted octanol–water partition coefficient (Wildman–Crippen LogP) is 5.08. The van der Waals surface area contributed by atoms with E-state index in [4.69, 9.17) is 4.43 Å². The fraction of sp³-hybridized carbons (Fsp3) is 0.458. The van der Waals surface area contributed by atoms with Gasteiger partial charge >= 0.3 is 5.97 Å². The molecule has 170 valence electrons. The minimum atomic E-state index is -2.12. The molecule has 2 unspecified atom stereocenters. The lowest BCUT2D eigenvalue weighted by Crippen LogP contribution is -2.44. The number of aromatic hydroxyl groups is 2. The van der Waals surface area contributed by atoms with E-state index in [2.05, 4.69) is 39.2 Å². The van der Waals surface area contributed by atoms with Crippen LogP contribution in [-0.4, -0.2) is 42.2 Å². The van der Waals surface area contributed by atoms with E-state index in [-0.39, 0.29) is 34.2 Å². The predicted molar refractivity (Wildman–Crippen MR) is 125 cm³/mol. The highest BCUT2D eigenvalue weighted by molar-refractivity contribution is 6.74.